The Balaban J connectivity index is 2.28. The van der Waals surface area contributed by atoms with Crippen molar-refractivity contribution in [2.45, 2.75) is 35.9 Å². The van der Waals surface area contributed by atoms with Crippen LogP contribution in [0.2, 0.25) is 0 Å². The number of carboxylic acids is 1. The first kappa shape index (κ1) is 18.6. The van der Waals surface area contributed by atoms with Crippen molar-refractivity contribution in [3.05, 3.63) is 65.7 Å². The molecule has 1 heterocycles. The number of fused-ring (bicyclic) bond motifs is 1. The van der Waals surface area contributed by atoms with Crippen molar-refractivity contribution in [1.82, 2.24) is 0 Å². The average Bonchev–Trinajstić information content (AvgIpc) is 2.59. The molecule has 0 spiro atoms. The van der Waals surface area contributed by atoms with Crippen molar-refractivity contribution in [3.63, 3.8) is 0 Å². The normalized spacial score (nSPS) is 28.1. The smallest absolute Gasteiger partial charge is 0.430 e. The minimum absolute atomic E-state index is 0.00854. The lowest BCUT2D eigenvalue weighted by atomic mass is 9.69. The van der Waals surface area contributed by atoms with Gasteiger partial charge in [-0.15, -0.1) is 11.6 Å². The van der Waals surface area contributed by atoms with E-state index in [1.165, 1.54) is 37.3 Å². The summed E-state index contributed by atoms with van der Waals surface area (Å²) in [7, 11) is 0. The molecule has 2 aromatic rings. The highest BCUT2D eigenvalue weighted by Gasteiger charge is 2.75. The maximum absolute atomic E-state index is 14.3. The number of hydrogen-bond acceptors (Lipinski definition) is 2. The van der Waals surface area contributed by atoms with Crippen molar-refractivity contribution in [1.29, 1.82) is 0 Å². The summed E-state index contributed by atoms with van der Waals surface area (Å²) in [5.74, 6) is -2.91. The van der Waals surface area contributed by atoms with Gasteiger partial charge in [-0.2, -0.15) is 13.2 Å². The first-order valence-electron chi connectivity index (χ1n) is 7.94. The number of rotatable bonds is 3. The van der Waals surface area contributed by atoms with Crippen LogP contribution in [0.15, 0.2) is 54.6 Å². The zero-order chi connectivity index (χ0) is 19.2. The third-order valence-electron chi connectivity index (χ3n) is 4.92. The third kappa shape index (κ3) is 2.55. The highest BCUT2D eigenvalue weighted by Crippen LogP contribution is 2.58. The van der Waals surface area contributed by atoms with Gasteiger partial charge >= 0.3 is 12.1 Å². The van der Waals surface area contributed by atoms with E-state index in [2.05, 4.69) is 0 Å². The molecular weight excluding hydrogens is 369 g/mol. The van der Waals surface area contributed by atoms with Crippen molar-refractivity contribution in [2.24, 2.45) is 0 Å². The van der Waals surface area contributed by atoms with Crippen LogP contribution in [0.4, 0.5) is 13.2 Å². The summed E-state index contributed by atoms with van der Waals surface area (Å²) in [6.07, 6.45) is -5.74. The molecule has 1 aliphatic heterocycles. The lowest BCUT2D eigenvalue weighted by Gasteiger charge is -2.51. The van der Waals surface area contributed by atoms with E-state index < -0.39 is 35.0 Å². The van der Waals surface area contributed by atoms with Crippen LogP contribution in [0.1, 0.15) is 24.0 Å². The second kappa shape index (κ2) is 6.20. The highest BCUT2D eigenvalue weighted by atomic mass is 35.5. The molecule has 3 unspecified atom stereocenters. The second-order valence-electron chi connectivity index (χ2n) is 6.37. The van der Waals surface area contributed by atoms with Crippen LogP contribution in [0.25, 0.3) is 0 Å². The zero-order valence-corrected chi connectivity index (χ0v) is 14.5. The first-order valence-corrected chi connectivity index (χ1v) is 8.32. The fourth-order valence-electron chi connectivity index (χ4n) is 3.53. The topological polar surface area (TPSA) is 46.5 Å². The number of alkyl halides is 4. The molecule has 0 fully saturated rings. The predicted molar refractivity (Wildman–Crippen MR) is 90.6 cm³/mol. The van der Waals surface area contributed by atoms with Crippen LogP contribution in [0, 0.1) is 0 Å². The summed E-state index contributed by atoms with van der Waals surface area (Å²) in [6.45, 7) is 1.38. The molecule has 0 saturated carbocycles. The van der Waals surface area contributed by atoms with Gasteiger partial charge in [0.1, 0.15) is 5.75 Å². The molecule has 138 valence electrons. The molecule has 7 heteroatoms. The number of aliphatic carboxylic acids is 1. The van der Waals surface area contributed by atoms with Crippen LogP contribution in [-0.4, -0.2) is 27.7 Å². The van der Waals surface area contributed by atoms with E-state index >= 15 is 0 Å². The second-order valence-corrected chi connectivity index (χ2v) is 6.96. The number of carboxylic acid groups (broad SMARTS) is 1. The molecule has 0 aliphatic carbocycles. The molecule has 26 heavy (non-hydrogen) atoms. The fraction of sp³-hybridized carbons (Fsp3) is 0.316. The molecule has 1 N–H and O–H groups in total. The van der Waals surface area contributed by atoms with E-state index in [1.807, 2.05) is 0 Å². The third-order valence-corrected chi connectivity index (χ3v) is 5.71. The summed E-state index contributed by atoms with van der Waals surface area (Å²) in [4.78, 5) is 9.31. The minimum atomic E-state index is -5.02. The van der Waals surface area contributed by atoms with Crippen LogP contribution in [0.3, 0.4) is 0 Å². The van der Waals surface area contributed by atoms with Gasteiger partial charge in [0.15, 0.2) is 4.87 Å². The molecule has 2 aromatic carbocycles. The largest absolute Gasteiger partial charge is 0.480 e. The summed E-state index contributed by atoms with van der Waals surface area (Å²) < 4.78 is 48.4. The van der Waals surface area contributed by atoms with Gasteiger partial charge in [0.25, 0.3) is 0 Å². The van der Waals surface area contributed by atoms with Gasteiger partial charge in [-0.05, 0) is 17.2 Å². The number of para-hydroxylation sites is 1. The van der Waals surface area contributed by atoms with Crippen molar-refractivity contribution >= 4 is 17.6 Å². The Morgan fingerprint density at radius 1 is 1.15 bits per heavy atom. The lowest BCUT2D eigenvalue weighted by molar-refractivity contribution is -0.268. The average molecular weight is 385 g/mol. The van der Waals surface area contributed by atoms with E-state index in [4.69, 9.17) is 16.3 Å². The summed E-state index contributed by atoms with van der Waals surface area (Å²) in [6, 6.07) is 13.9. The Labute approximate surface area is 153 Å². The molecule has 0 bridgehead atoms. The molecular formula is C19H16ClF3O3. The van der Waals surface area contributed by atoms with E-state index in [0.29, 0.717) is 5.56 Å². The monoisotopic (exact) mass is 384 g/mol. The van der Waals surface area contributed by atoms with Gasteiger partial charge in [-0.25, -0.2) is 0 Å². The van der Waals surface area contributed by atoms with Gasteiger partial charge < -0.3 is 9.84 Å². The summed E-state index contributed by atoms with van der Waals surface area (Å²) in [5, 5.41) is 9.76. The van der Waals surface area contributed by atoms with E-state index in [9.17, 15) is 23.1 Å². The minimum Gasteiger partial charge on any atom is -0.480 e. The van der Waals surface area contributed by atoms with Gasteiger partial charge in [0.2, 0.25) is 5.60 Å². The van der Waals surface area contributed by atoms with Gasteiger partial charge in [-0.1, -0.05) is 55.5 Å². The van der Waals surface area contributed by atoms with E-state index in [-0.39, 0.29) is 11.3 Å². The maximum atomic E-state index is 14.3. The Bertz CT molecular complexity index is 824. The molecule has 0 aromatic heterocycles. The molecule has 0 radical (unpaired) electrons. The molecule has 0 saturated heterocycles. The number of hydrogen-bond donors (Lipinski definition) is 1. The van der Waals surface area contributed by atoms with Crippen LogP contribution < -0.4 is 4.74 Å². The Kier molecular flexibility index (Phi) is 4.43. The molecule has 0 amide bonds. The van der Waals surface area contributed by atoms with E-state index in [1.54, 1.807) is 24.3 Å². The Morgan fingerprint density at radius 3 is 2.31 bits per heavy atom. The predicted octanol–water partition coefficient (Wildman–Crippen LogP) is 4.79. The van der Waals surface area contributed by atoms with Crippen molar-refractivity contribution < 1.29 is 27.8 Å². The fourth-order valence-corrected chi connectivity index (χ4v) is 3.86. The summed E-state index contributed by atoms with van der Waals surface area (Å²) in [5.41, 5.74) is -2.51. The summed E-state index contributed by atoms with van der Waals surface area (Å²) >= 11 is 6.30. The number of carbonyl (C=O) groups is 1. The zero-order valence-electron chi connectivity index (χ0n) is 13.8. The highest BCUT2D eigenvalue weighted by molar-refractivity contribution is 6.35. The quantitative estimate of drug-likeness (QED) is 0.774. The van der Waals surface area contributed by atoms with Gasteiger partial charge in [0.05, 0.1) is 0 Å². The van der Waals surface area contributed by atoms with Crippen LogP contribution in [0.5, 0.6) is 5.75 Å². The molecule has 3 atom stereocenters. The maximum Gasteiger partial charge on any atom is 0.430 e. The molecule has 1 aliphatic rings. The Hall–Kier alpha value is -2.21. The Morgan fingerprint density at radius 2 is 1.73 bits per heavy atom. The van der Waals surface area contributed by atoms with Crippen LogP contribution in [-0.2, 0) is 11.2 Å². The van der Waals surface area contributed by atoms with Crippen molar-refractivity contribution in [2.75, 3.05) is 0 Å². The number of halogens is 4. The standard InChI is InChI=1S/C19H16ClF3O3/c1-12-14-9-5-6-10-15(14)26-17(19(21,22)23,18(12,20)16(24)25)11-13-7-3-2-4-8-13/h2-10,12H,11H2,1H3,(H,24,25). The number of ether oxygens (including phenoxy) is 1. The van der Waals surface area contributed by atoms with Crippen molar-refractivity contribution in [3.8, 4) is 5.75 Å². The number of benzene rings is 2. The van der Waals surface area contributed by atoms with E-state index in [0.717, 1.165) is 0 Å². The lowest BCUT2D eigenvalue weighted by Crippen LogP contribution is -2.71. The molecule has 3 nitrogen and oxygen atoms in total. The van der Waals surface area contributed by atoms with Gasteiger partial charge in [0, 0.05) is 12.3 Å². The molecule has 3 rings (SSSR count). The van der Waals surface area contributed by atoms with Gasteiger partial charge in [-0.3, -0.25) is 4.79 Å². The first-order chi connectivity index (χ1) is 12.1. The van der Waals surface area contributed by atoms with Crippen LogP contribution >= 0.6 is 11.6 Å². The SMILES string of the molecule is CC1c2ccccc2OC(Cc2ccccc2)(C(F)(F)F)C1(Cl)C(=O)O.